The van der Waals surface area contributed by atoms with E-state index in [9.17, 15) is 9.18 Å². The zero-order valence-corrected chi connectivity index (χ0v) is 23.8. The molecule has 42 heavy (non-hydrogen) atoms. The van der Waals surface area contributed by atoms with Crippen LogP contribution in [0.5, 0.6) is 0 Å². The number of nitrogens with one attached hydrogen (secondary N) is 3. The molecule has 0 aliphatic heterocycles. The van der Waals surface area contributed by atoms with Crippen molar-refractivity contribution in [2.45, 2.75) is 45.1 Å². The highest BCUT2D eigenvalue weighted by atomic mass is 19.1. The van der Waals surface area contributed by atoms with E-state index in [1.165, 1.54) is 23.8 Å². The molecule has 3 aromatic heterocycles. The second-order valence-electron chi connectivity index (χ2n) is 10.8. The summed E-state index contributed by atoms with van der Waals surface area (Å²) in [5.74, 6) is 0.997. The van der Waals surface area contributed by atoms with Crippen molar-refractivity contribution in [3.05, 3.63) is 84.5 Å². The summed E-state index contributed by atoms with van der Waals surface area (Å²) >= 11 is 0. The van der Waals surface area contributed by atoms with Crippen molar-refractivity contribution in [2.75, 3.05) is 23.4 Å². The predicted molar refractivity (Wildman–Crippen MR) is 166 cm³/mol. The number of halogens is 1. The number of hydrogen-bond acceptors (Lipinski definition) is 6. The van der Waals surface area contributed by atoms with Crippen LogP contribution in [0, 0.1) is 5.82 Å². The van der Waals surface area contributed by atoms with E-state index in [-0.39, 0.29) is 5.92 Å². The van der Waals surface area contributed by atoms with E-state index in [0.29, 0.717) is 23.2 Å². The molecule has 0 radical (unpaired) electrons. The summed E-state index contributed by atoms with van der Waals surface area (Å²) in [6, 6.07) is 11.4. The molecular formula is C32H33FN8O. The first-order chi connectivity index (χ1) is 20.3. The van der Waals surface area contributed by atoms with Gasteiger partial charge in [-0.3, -0.25) is 9.38 Å². The molecule has 10 heteroatoms. The Labute approximate surface area is 243 Å². The zero-order chi connectivity index (χ0) is 29.4. The lowest BCUT2D eigenvalue weighted by molar-refractivity contribution is 0.262. The number of nitrogen functional groups attached to an aromatic ring is 1. The van der Waals surface area contributed by atoms with Crippen molar-refractivity contribution in [1.82, 2.24) is 24.7 Å². The van der Waals surface area contributed by atoms with Gasteiger partial charge in [0.2, 0.25) is 0 Å². The van der Waals surface area contributed by atoms with E-state index in [4.69, 9.17) is 10.7 Å². The highest BCUT2D eigenvalue weighted by molar-refractivity contribution is 6.10. The Morgan fingerprint density at radius 1 is 1.12 bits per heavy atom. The molecule has 1 aliphatic carbocycles. The summed E-state index contributed by atoms with van der Waals surface area (Å²) in [5.41, 5.74) is 12.1. The van der Waals surface area contributed by atoms with Crippen LogP contribution in [0.15, 0.2) is 67.1 Å². The zero-order valence-electron chi connectivity index (χ0n) is 23.8. The van der Waals surface area contributed by atoms with E-state index in [1.54, 1.807) is 18.5 Å². The summed E-state index contributed by atoms with van der Waals surface area (Å²) in [4.78, 5) is 26.9. The minimum absolute atomic E-state index is 0.126. The number of carbonyl (C=O) groups is 1. The molecule has 1 atom stereocenters. The molecule has 5 N–H and O–H groups in total. The van der Waals surface area contributed by atoms with Gasteiger partial charge in [0.1, 0.15) is 28.7 Å². The largest absolute Gasteiger partial charge is 0.382 e. The Hall–Kier alpha value is -4.83. The van der Waals surface area contributed by atoms with Gasteiger partial charge in [-0.25, -0.2) is 19.2 Å². The minimum atomic E-state index is -0.493. The fourth-order valence-electron chi connectivity index (χ4n) is 5.65. The summed E-state index contributed by atoms with van der Waals surface area (Å²) in [6.45, 7) is 4.25. The standard InChI is InChI=1S/C32H33FN8O/c1-18(2)31-40-28(29-30(34)37-17-27(41(29)31)19-7-9-21(35-3)10-8-19)24-11-12-26(25-16-36-14-13-23(24)25)39-32(42)38-22-6-4-5-20(33)15-22/h4-7,11-18,21,35H,8-10H2,1-3H3,(H2,34,37)(H2,38,39,42). The highest BCUT2D eigenvalue weighted by Crippen LogP contribution is 2.39. The van der Waals surface area contributed by atoms with Crippen LogP contribution in [-0.4, -0.2) is 38.5 Å². The molecule has 9 nitrogen and oxygen atoms in total. The monoisotopic (exact) mass is 564 g/mol. The Bertz CT molecular complexity index is 1840. The van der Waals surface area contributed by atoms with Gasteiger partial charge in [0.05, 0.1) is 17.6 Å². The van der Waals surface area contributed by atoms with Gasteiger partial charge in [-0.1, -0.05) is 32.1 Å². The van der Waals surface area contributed by atoms with Crippen molar-refractivity contribution < 1.29 is 9.18 Å². The maximum atomic E-state index is 13.6. The van der Waals surface area contributed by atoms with Crippen LogP contribution < -0.4 is 21.7 Å². The average Bonchev–Trinajstić information content (AvgIpc) is 3.39. The molecule has 214 valence electrons. The molecular weight excluding hydrogens is 531 g/mol. The van der Waals surface area contributed by atoms with Crippen LogP contribution in [0.3, 0.4) is 0 Å². The number of nitrogens with two attached hydrogens (primary N) is 1. The number of benzene rings is 2. The third-order valence-corrected chi connectivity index (χ3v) is 7.78. The lowest BCUT2D eigenvalue weighted by Crippen LogP contribution is -2.26. The molecule has 0 saturated heterocycles. The van der Waals surface area contributed by atoms with Crippen LogP contribution in [0.1, 0.15) is 50.5 Å². The number of allylic oxidation sites excluding steroid dienone is 1. The van der Waals surface area contributed by atoms with E-state index >= 15 is 0 Å². The van der Waals surface area contributed by atoms with Crippen molar-refractivity contribution in [3.63, 3.8) is 0 Å². The first kappa shape index (κ1) is 27.3. The quantitative estimate of drug-likeness (QED) is 0.185. The maximum absolute atomic E-state index is 13.6. The van der Waals surface area contributed by atoms with Gasteiger partial charge >= 0.3 is 6.03 Å². The molecule has 6 rings (SSSR count). The number of hydrogen-bond donors (Lipinski definition) is 4. The molecule has 2 amide bonds. The second-order valence-corrected chi connectivity index (χ2v) is 10.8. The Morgan fingerprint density at radius 3 is 2.71 bits per heavy atom. The maximum Gasteiger partial charge on any atom is 0.323 e. The number of fused-ring (bicyclic) bond motifs is 2. The number of nitrogens with zero attached hydrogens (tertiary/aromatic N) is 4. The van der Waals surface area contributed by atoms with Gasteiger partial charge in [0.15, 0.2) is 0 Å². The number of pyridine rings is 1. The van der Waals surface area contributed by atoms with Crippen molar-refractivity contribution >= 4 is 45.1 Å². The van der Waals surface area contributed by atoms with Crippen molar-refractivity contribution in [2.24, 2.45) is 0 Å². The number of aromatic nitrogens is 4. The first-order valence-corrected chi connectivity index (χ1v) is 14.1. The Morgan fingerprint density at radius 2 is 1.98 bits per heavy atom. The van der Waals surface area contributed by atoms with E-state index in [0.717, 1.165) is 58.3 Å². The van der Waals surface area contributed by atoms with Crippen LogP contribution in [0.4, 0.5) is 26.4 Å². The van der Waals surface area contributed by atoms with Crippen molar-refractivity contribution in [1.29, 1.82) is 0 Å². The third-order valence-electron chi connectivity index (χ3n) is 7.78. The van der Waals surface area contributed by atoms with Gasteiger partial charge in [0, 0.05) is 41.0 Å². The summed E-state index contributed by atoms with van der Waals surface area (Å²) < 4.78 is 15.8. The molecule has 2 aromatic carbocycles. The van der Waals surface area contributed by atoms with Crippen LogP contribution >= 0.6 is 0 Å². The average molecular weight is 565 g/mol. The lowest BCUT2D eigenvalue weighted by atomic mass is 9.93. The highest BCUT2D eigenvalue weighted by Gasteiger charge is 2.25. The minimum Gasteiger partial charge on any atom is -0.382 e. The van der Waals surface area contributed by atoms with Crippen LogP contribution in [0.2, 0.25) is 0 Å². The topological polar surface area (TPSA) is 122 Å². The number of amides is 2. The molecule has 3 heterocycles. The summed E-state index contributed by atoms with van der Waals surface area (Å²) in [5, 5.41) is 10.5. The Balaban J connectivity index is 1.45. The van der Waals surface area contributed by atoms with Crippen LogP contribution in [0.25, 0.3) is 33.1 Å². The Kier molecular flexibility index (Phi) is 7.30. The molecule has 1 aliphatic rings. The summed E-state index contributed by atoms with van der Waals surface area (Å²) in [7, 11) is 2.00. The molecule has 0 fully saturated rings. The van der Waals surface area contributed by atoms with Gasteiger partial charge in [-0.05, 0) is 67.6 Å². The van der Waals surface area contributed by atoms with E-state index in [1.807, 2.05) is 31.4 Å². The SMILES string of the molecule is CNC1CC=C(c2cnc(N)c3c(-c4ccc(NC(=O)Nc5cccc(F)c5)c5cnccc45)nc(C(C)C)n23)CC1. The van der Waals surface area contributed by atoms with E-state index in [2.05, 4.69) is 50.2 Å². The fraction of sp³-hybridized carbons (Fsp3) is 0.250. The summed E-state index contributed by atoms with van der Waals surface area (Å²) in [6.07, 6.45) is 10.5. The molecule has 1 unspecified atom stereocenters. The van der Waals surface area contributed by atoms with Gasteiger partial charge < -0.3 is 21.7 Å². The van der Waals surface area contributed by atoms with Gasteiger partial charge in [-0.2, -0.15) is 0 Å². The van der Waals surface area contributed by atoms with Crippen molar-refractivity contribution in [3.8, 4) is 11.3 Å². The number of carbonyl (C=O) groups excluding carboxylic acids is 1. The number of rotatable bonds is 6. The number of anilines is 3. The molecule has 0 spiro atoms. The first-order valence-electron chi connectivity index (χ1n) is 14.1. The van der Waals surface area contributed by atoms with Crippen LogP contribution in [-0.2, 0) is 0 Å². The second kappa shape index (κ2) is 11.2. The number of imidazole rings is 1. The fourth-order valence-corrected chi connectivity index (χ4v) is 5.65. The lowest BCUT2D eigenvalue weighted by Gasteiger charge is -2.22. The normalized spacial score (nSPS) is 15.3. The smallest absolute Gasteiger partial charge is 0.323 e. The predicted octanol–water partition coefficient (Wildman–Crippen LogP) is 6.59. The van der Waals surface area contributed by atoms with E-state index < -0.39 is 11.8 Å². The molecule has 5 aromatic rings. The van der Waals surface area contributed by atoms with Gasteiger partial charge in [-0.15, -0.1) is 0 Å². The van der Waals surface area contributed by atoms with Gasteiger partial charge in [0.25, 0.3) is 0 Å². The molecule has 0 bridgehead atoms. The number of urea groups is 1. The molecule has 0 saturated carbocycles. The third kappa shape index (κ3) is 5.05.